The van der Waals surface area contributed by atoms with E-state index in [9.17, 15) is 4.79 Å². The molecule has 98 valence electrons. The molecule has 1 amide bonds. The Morgan fingerprint density at radius 3 is 2.84 bits per heavy atom. The average Bonchev–Trinajstić information content (AvgIpc) is 2.40. The highest BCUT2D eigenvalue weighted by Crippen LogP contribution is 2.20. The van der Waals surface area contributed by atoms with Gasteiger partial charge < -0.3 is 15.8 Å². The van der Waals surface area contributed by atoms with Crippen LogP contribution in [0.2, 0.25) is 0 Å². The summed E-state index contributed by atoms with van der Waals surface area (Å²) in [5, 5.41) is 2.69. The van der Waals surface area contributed by atoms with Crippen molar-refractivity contribution in [1.82, 2.24) is 4.98 Å². The van der Waals surface area contributed by atoms with Gasteiger partial charge in [0.1, 0.15) is 10.4 Å². The molecule has 0 saturated carbocycles. The van der Waals surface area contributed by atoms with Crippen molar-refractivity contribution in [3.8, 4) is 5.75 Å². The number of rotatable bonds is 4. The number of anilines is 2. The molecule has 1 aromatic carbocycles. The highest BCUT2D eigenvalue weighted by molar-refractivity contribution is 9.10. The highest BCUT2D eigenvalue weighted by Gasteiger charge is 2.07. The minimum Gasteiger partial charge on any atom is -0.482 e. The molecule has 1 heterocycles. The van der Waals surface area contributed by atoms with Gasteiger partial charge in [0, 0.05) is 6.20 Å². The number of para-hydroxylation sites is 2. The minimum absolute atomic E-state index is 0.116. The van der Waals surface area contributed by atoms with E-state index >= 15 is 0 Å². The fourth-order valence-electron chi connectivity index (χ4n) is 1.42. The van der Waals surface area contributed by atoms with Gasteiger partial charge in [0.2, 0.25) is 0 Å². The van der Waals surface area contributed by atoms with E-state index in [4.69, 9.17) is 10.5 Å². The molecule has 0 spiro atoms. The quantitative estimate of drug-likeness (QED) is 0.669. The van der Waals surface area contributed by atoms with E-state index in [2.05, 4.69) is 26.2 Å². The summed E-state index contributed by atoms with van der Waals surface area (Å²) in [4.78, 5) is 15.7. The van der Waals surface area contributed by atoms with Crippen molar-refractivity contribution in [2.45, 2.75) is 0 Å². The summed E-state index contributed by atoms with van der Waals surface area (Å²) in [6, 6.07) is 10.5. The number of amides is 1. The van der Waals surface area contributed by atoms with Crippen LogP contribution in [0.1, 0.15) is 0 Å². The van der Waals surface area contributed by atoms with Crippen molar-refractivity contribution in [2.75, 3.05) is 17.7 Å². The molecule has 2 aromatic rings. The molecular weight excluding hydrogens is 310 g/mol. The molecule has 0 saturated heterocycles. The van der Waals surface area contributed by atoms with Crippen LogP contribution in [0.5, 0.6) is 5.75 Å². The third-order valence-corrected chi connectivity index (χ3v) is 2.94. The van der Waals surface area contributed by atoms with Gasteiger partial charge in [0.05, 0.1) is 11.4 Å². The number of hydrogen-bond acceptors (Lipinski definition) is 4. The Hall–Kier alpha value is -2.08. The van der Waals surface area contributed by atoms with Crippen molar-refractivity contribution < 1.29 is 9.53 Å². The minimum atomic E-state index is -0.281. The molecule has 19 heavy (non-hydrogen) atoms. The number of benzene rings is 1. The lowest BCUT2D eigenvalue weighted by molar-refractivity contribution is -0.118. The second-order valence-corrected chi connectivity index (χ2v) is 4.47. The van der Waals surface area contributed by atoms with Crippen molar-refractivity contribution in [3.05, 3.63) is 47.2 Å². The molecule has 1 aromatic heterocycles. The van der Waals surface area contributed by atoms with Gasteiger partial charge in [-0.15, -0.1) is 0 Å². The van der Waals surface area contributed by atoms with Crippen LogP contribution >= 0.6 is 15.9 Å². The predicted octanol–water partition coefficient (Wildman–Crippen LogP) is 2.44. The van der Waals surface area contributed by atoms with E-state index in [0.29, 0.717) is 21.7 Å². The maximum Gasteiger partial charge on any atom is 0.262 e. The predicted molar refractivity (Wildman–Crippen MR) is 76.9 cm³/mol. The normalized spacial score (nSPS) is 9.95. The summed E-state index contributed by atoms with van der Waals surface area (Å²) in [5.74, 6) is 0.208. The summed E-state index contributed by atoms with van der Waals surface area (Å²) in [6.07, 6.45) is 1.63. The smallest absolute Gasteiger partial charge is 0.262 e. The van der Waals surface area contributed by atoms with Crippen molar-refractivity contribution in [2.24, 2.45) is 0 Å². The first kappa shape index (κ1) is 13.4. The molecule has 0 bridgehead atoms. The van der Waals surface area contributed by atoms with Crippen LogP contribution in [0, 0.1) is 0 Å². The second kappa shape index (κ2) is 6.19. The Balaban J connectivity index is 1.92. The molecule has 5 nitrogen and oxygen atoms in total. The van der Waals surface area contributed by atoms with Gasteiger partial charge in [0.25, 0.3) is 5.91 Å². The van der Waals surface area contributed by atoms with Gasteiger partial charge >= 0.3 is 0 Å². The maximum atomic E-state index is 11.7. The number of aromatic nitrogens is 1. The van der Waals surface area contributed by atoms with Crippen LogP contribution in [-0.4, -0.2) is 17.5 Å². The molecule has 2 rings (SSSR count). The standard InChI is InChI=1S/C13H12BrN3O2/c14-13-10(5-3-7-16-13)17-12(18)8-19-11-6-2-1-4-9(11)15/h1-7H,8,15H2,(H,17,18). The first-order chi connectivity index (χ1) is 9.16. The highest BCUT2D eigenvalue weighted by atomic mass is 79.9. The largest absolute Gasteiger partial charge is 0.482 e. The van der Waals surface area contributed by atoms with Gasteiger partial charge in [0.15, 0.2) is 6.61 Å². The Morgan fingerprint density at radius 2 is 2.11 bits per heavy atom. The molecule has 0 fully saturated rings. The van der Waals surface area contributed by atoms with E-state index in [1.807, 2.05) is 0 Å². The number of halogens is 1. The summed E-state index contributed by atoms with van der Waals surface area (Å²) in [6.45, 7) is -0.116. The molecule has 6 heteroatoms. The molecule has 0 aliphatic rings. The van der Waals surface area contributed by atoms with Crippen LogP contribution in [0.15, 0.2) is 47.2 Å². The first-order valence-corrected chi connectivity index (χ1v) is 6.34. The zero-order valence-corrected chi connectivity index (χ0v) is 11.6. The monoisotopic (exact) mass is 321 g/mol. The first-order valence-electron chi connectivity index (χ1n) is 5.54. The van der Waals surface area contributed by atoms with Gasteiger partial charge in [-0.2, -0.15) is 0 Å². The topological polar surface area (TPSA) is 77.2 Å². The Morgan fingerprint density at radius 1 is 1.32 bits per heavy atom. The summed E-state index contributed by atoms with van der Waals surface area (Å²) >= 11 is 3.25. The lowest BCUT2D eigenvalue weighted by atomic mass is 10.3. The molecule has 0 aliphatic heterocycles. The number of hydrogen-bond donors (Lipinski definition) is 2. The third-order valence-electron chi connectivity index (χ3n) is 2.31. The van der Waals surface area contributed by atoms with E-state index < -0.39 is 0 Å². The van der Waals surface area contributed by atoms with Gasteiger partial charge in [-0.05, 0) is 40.2 Å². The molecule has 0 aliphatic carbocycles. The lowest BCUT2D eigenvalue weighted by Gasteiger charge is -2.09. The molecular formula is C13H12BrN3O2. The fourth-order valence-corrected chi connectivity index (χ4v) is 1.77. The number of nitrogens with one attached hydrogen (secondary N) is 1. The summed E-state index contributed by atoms with van der Waals surface area (Å²) < 4.78 is 5.91. The number of nitrogens with two attached hydrogens (primary N) is 1. The Kier molecular flexibility index (Phi) is 4.35. The van der Waals surface area contributed by atoms with Crippen LogP contribution in [0.3, 0.4) is 0 Å². The number of carbonyl (C=O) groups excluding carboxylic acids is 1. The Labute approximate surface area is 118 Å². The number of ether oxygens (including phenoxy) is 1. The molecule has 0 atom stereocenters. The Bertz CT molecular complexity index is 590. The molecule has 0 unspecified atom stereocenters. The van der Waals surface area contributed by atoms with Crippen molar-refractivity contribution >= 4 is 33.2 Å². The van der Waals surface area contributed by atoms with Crippen LogP contribution in [0.4, 0.5) is 11.4 Å². The number of carbonyl (C=O) groups is 1. The number of nitrogens with zero attached hydrogens (tertiary/aromatic N) is 1. The average molecular weight is 322 g/mol. The van der Waals surface area contributed by atoms with Crippen LogP contribution in [0.25, 0.3) is 0 Å². The fraction of sp³-hybridized carbons (Fsp3) is 0.0769. The van der Waals surface area contributed by atoms with Crippen LogP contribution in [-0.2, 0) is 4.79 Å². The van der Waals surface area contributed by atoms with Crippen molar-refractivity contribution in [1.29, 1.82) is 0 Å². The number of nitrogen functional groups attached to an aromatic ring is 1. The zero-order chi connectivity index (χ0) is 13.7. The van der Waals surface area contributed by atoms with Crippen LogP contribution < -0.4 is 15.8 Å². The van der Waals surface area contributed by atoms with E-state index in [0.717, 1.165) is 0 Å². The summed E-state index contributed by atoms with van der Waals surface area (Å²) in [7, 11) is 0. The molecule has 0 radical (unpaired) electrons. The lowest BCUT2D eigenvalue weighted by Crippen LogP contribution is -2.20. The molecule has 3 N–H and O–H groups in total. The van der Waals surface area contributed by atoms with Gasteiger partial charge in [-0.1, -0.05) is 12.1 Å². The summed E-state index contributed by atoms with van der Waals surface area (Å²) in [5.41, 5.74) is 6.80. The van der Waals surface area contributed by atoms with E-state index in [1.165, 1.54) is 0 Å². The maximum absolute atomic E-state index is 11.7. The van der Waals surface area contributed by atoms with E-state index in [-0.39, 0.29) is 12.5 Å². The SMILES string of the molecule is Nc1ccccc1OCC(=O)Nc1cccnc1Br. The van der Waals surface area contributed by atoms with Gasteiger partial charge in [-0.3, -0.25) is 4.79 Å². The second-order valence-electron chi connectivity index (χ2n) is 3.72. The van der Waals surface area contributed by atoms with E-state index in [1.54, 1.807) is 42.6 Å². The van der Waals surface area contributed by atoms with Crippen molar-refractivity contribution in [3.63, 3.8) is 0 Å². The third kappa shape index (κ3) is 3.69. The number of pyridine rings is 1. The van der Waals surface area contributed by atoms with Gasteiger partial charge in [-0.25, -0.2) is 4.98 Å². The zero-order valence-electron chi connectivity index (χ0n) is 9.97.